The average molecular weight is 435 g/mol. The van der Waals surface area contributed by atoms with Gasteiger partial charge in [-0.3, -0.25) is 9.59 Å². The smallest absolute Gasteiger partial charge is 0.393 e. The molecule has 1 saturated heterocycles. The van der Waals surface area contributed by atoms with Gasteiger partial charge in [0.05, 0.1) is 12.8 Å². The molecule has 142 valence electrons. The summed E-state index contributed by atoms with van der Waals surface area (Å²) in [6, 6.07) is 0. The van der Waals surface area contributed by atoms with Crippen LogP contribution in [0.1, 0.15) is 47.0 Å². The van der Waals surface area contributed by atoms with E-state index in [4.69, 9.17) is 13.3 Å². The maximum absolute atomic E-state index is 10.0. The summed E-state index contributed by atoms with van der Waals surface area (Å²) < 4.78 is 21.3. The number of hydrogen-bond acceptors (Lipinski definition) is 10. The Hall–Kier alpha value is 0.637. The van der Waals surface area contributed by atoms with Crippen molar-refractivity contribution in [2.45, 2.75) is 47.0 Å². The van der Waals surface area contributed by atoms with Crippen molar-refractivity contribution < 1.29 is 27.6 Å². The van der Waals surface area contributed by atoms with E-state index in [0.29, 0.717) is 19.8 Å². The molecule has 1 heterocycles. The van der Waals surface area contributed by atoms with Gasteiger partial charge in [-0.1, -0.05) is 17.7 Å². The summed E-state index contributed by atoms with van der Waals surface area (Å²) in [7, 11) is 4.45. The van der Waals surface area contributed by atoms with Crippen molar-refractivity contribution >= 4 is 60.6 Å². The Kier molecular flexibility index (Phi) is 16.3. The molecule has 0 saturated carbocycles. The normalized spacial score (nSPS) is 14.3. The summed E-state index contributed by atoms with van der Waals surface area (Å²) in [4.78, 5) is 20.0. The van der Waals surface area contributed by atoms with Gasteiger partial charge in [0.1, 0.15) is 0 Å². The number of cyclic esters (lactones) is 2. The van der Waals surface area contributed by atoms with E-state index in [2.05, 4.69) is 11.7 Å². The van der Waals surface area contributed by atoms with Crippen LogP contribution in [0, 0.1) is 0 Å². The first-order valence-corrected chi connectivity index (χ1v) is 15.3. The molecule has 1 aliphatic heterocycles. The van der Waals surface area contributed by atoms with Crippen molar-refractivity contribution in [1.29, 1.82) is 0 Å². The number of ether oxygens (including phenoxy) is 1. The third-order valence-corrected chi connectivity index (χ3v) is 15.1. The van der Waals surface area contributed by atoms with Crippen LogP contribution in [-0.2, 0) is 27.6 Å². The van der Waals surface area contributed by atoms with E-state index in [-0.39, 0.29) is 12.8 Å². The van der Waals surface area contributed by atoms with E-state index in [9.17, 15) is 9.59 Å². The molecule has 1 rings (SSSR count). The van der Waals surface area contributed by atoms with Gasteiger partial charge < -0.3 is 18.0 Å². The van der Waals surface area contributed by atoms with Crippen molar-refractivity contribution in [1.82, 2.24) is 0 Å². The van der Waals surface area contributed by atoms with Gasteiger partial charge in [0, 0.05) is 25.6 Å². The second-order valence-electron chi connectivity index (χ2n) is 4.19. The Labute approximate surface area is 160 Å². The van der Waals surface area contributed by atoms with E-state index < -0.39 is 19.9 Å². The minimum absolute atomic E-state index is 0.263. The molecule has 0 aromatic heterocycles. The molecule has 1 fully saturated rings. The third kappa shape index (κ3) is 12.1. The van der Waals surface area contributed by atoms with Crippen LogP contribution in [0.15, 0.2) is 0 Å². The lowest BCUT2D eigenvalue weighted by Gasteiger charge is -2.25. The minimum Gasteiger partial charge on any atom is -0.393 e. The lowest BCUT2D eigenvalue weighted by Crippen LogP contribution is -2.42. The number of rotatable bonds is 12. The van der Waals surface area contributed by atoms with Crippen LogP contribution < -0.4 is 0 Å². The van der Waals surface area contributed by atoms with Crippen molar-refractivity contribution in [2.75, 3.05) is 25.6 Å². The van der Waals surface area contributed by atoms with Crippen LogP contribution in [0.2, 0.25) is 0 Å². The molecule has 0 N–H and O–H groups in total. The summed E-state index contributed by atoms with van der Waals surface area (Å²) in [5.41, 5.74) is 0. The first-order chi connectivity index (χ1) is 11.5. The van der Waals surface area contributed by atoms with Gasteiger partial charge in [-0.15, -0.1) is 0 Å². The van der Waals surface area contributed by atoms with Gasteiger partial charge in [0.25, 0.3) is 0 Å². The van der Waals surface area contributed by atoms with Crippen molar-refractivity contribution in [3.8, 4) is 0 Å². The predicted octanol–water partition coefficient (Wildman–Crippen LogP) is 4.47. The highest BCUT2D eigenvalue weighted by molar-refractivity contribution is 9.28. The zero-order chi connectivity index (χ0) is 18.3. The number of carbonyl (C=O) groups is 2. The predicted molar refractivity (Wildman–Crippen MR) is 106 cm³/mol. The fourth-order valence-electron chi connectivity index (χ4n) is 1.35. The van der Waals surface area contributed by atoms with E-state index in [1.807, 2.05) is 31.6 Å². The van der Waals surface area contributed by atoms with Crippen LogP contribution >= 0.6 is 40.7 Å². The number of hydrogen-bond donors (Lipinski definition) is 0. The molecular weight excluding hydrogens is 408 g/mol. The van der Waals surface area contributed by atoms with E-state index in [0.717, 1.165) is 0 Å². The van der Waals surface area contributed by atoms with Gasteiger partial charge in [0.15, 0.2) is 0 Å². The molecule has 0 amide bonds. The molecule has 0 atom stereocenters. The highest BCUT2D eigenvalue weighted by atomic mass is 33.7. The highest BCUT2D eigenvalue weighted by Gasteiger charge is 2.43. The second-order valence-corrected chi connectivity index (χ2v) is 14.6. The Morgan fingerprint density at radius 1 is 0.917 bits per heavy atom. The average Bonchev–Trinajstić information content (AvgIpc) is 2.92. The molecule has 0 aromatic carbocycles. The Bertz CT molecular complexity index is 330. The second kappa shape index (κ2) is 15.9. The monoisotopic (exact) mass is 434 g/mol. The number of esters is 2. The van der Waals surface area contributed by atoms with Crippen molar-refractivity contribution in [3.63, 3.8) is 0 Å². The molecule has 0 spiro atoms. The fourth-order valence-corrected chi connectivity index (χ4v) is 15.4. The zero-order valence-electron chi connectivity index (χ0n) is 14.5. The maximum atomic E-state index is 10.0. The van der Waals surface area contributed by atoms with Gasteiger partial charge in [0.2, 0.25) is 0 Å². The van der Waals surface area contributed by atoms with Crippen LogP contribution in [-0.4, -0.2) is 45.5 Å². The molecule has 24 heavy (non-hydrogen) atoms. The van der Waals surface area contributed by atoms with Gasteiger partial charge in [-0.25, -0.2) is 0 Å². The third-order valence-electron chi connectivity index (χ3n) is 2.22. The largest absolute Gasteiger partial charge is 0.585 e. The van der Waals surface area contributed by atoms with Crippen LogP contribution in [0.3, 0.4) is 0 Å². The molecule has 0 bridgehead atoms. The number of carbonyl (C=O) groups excluding carboxylic acids is 2. The quantitative estimate of drug-likeness (QED) is 0.144. The van der Waals surface area contributed by atoms with Gasteiger partial charge >= 0.3 is 19.9 Å². The van der Waals surface area contributed by atoms with Crippen LogP contribution in [0.5, 0.6) is 0 Å². The van der Waals surface area contributed by atoms with Gasteiger partial charge in [-0.05, 0) is 57.1 Å². The molecule has 1 aliphatic rings. The summed E-state index contributed by atoms with van der Waals surface area (Å²) in [6.45, 7) is 10.0. The first-order valence-electron chi connectivity index (χ1n) is 7.82. The molecule has 0 radical (unpaired) electrons. The van der Waals surface area contributed by atoms with E-state index >= 15 is 0 Å². The topological polar surface area (TPSA) is 71.1 Å². The molecule has 0 aromatic rings. The summed E-state index contributed by atoms with van der Waals surface area (Å²) in [5.74, 6) is 0.375. The van der Waals surface area contributed by atoms with Crippen molar-refractivity contribution in [2.24, 2.45) is 0 Å². The van der Waals surface area contributed by atoms with E-state index in [1.165, 1.54) is 12.2 Å². The molecule has 0 aliphatic carbocycles. The Morgan fingerprint density at radius 2 is 1.42 bits per heavy atom. The molecule has 6 nitrogen and oxygen atoms in total. The summed E-state index contributed by atoms with van der Waals surface area (Å²) in [5, 5.41) is 0. The SMILES string of the molecule is CCCSSSS[Si](OCC)(OCC)OCC.O=C1CCC(=O)O1. The maximum Gasteiger partial charge on any atom is 0.585 e. The summed E-state index contributed by atoms with van der Waals surface area (Å²) >= 11 is 0. The Morgan fingerprint density at radius 3 is 1.75 bits per heavy atom. The lowest BCUT2D eigenvalue weighted by molar-refractivity contribution is -0.151. The van der Waals surface area contributed by atoms with Crippen molar-refractivity contribution in [3.05, 3.63) is 0 Å². The molecular formula is C13H26O6S4Si. The molecule has 11 heteroatoms. The zero-order valence-corrected chi connectivity index (χ0v) is 18.8. The minimum atomic E-state index is -2.51. The van der Waals surface area contributed by atoms with E-state index in [1.54, 1.807) is 29.9 Å². The van der Waals surface area contributed by atoms with Crippen LogP contribution in [0.4, 0.5) is 0 Å². The highest BCUT2D eigenvalue weighted by Crippen LogP contribution is 2.48. The molecule has 0 unspecified atom stereocenters. The standard InChI is InChI=1S/C9H22O3S4Si.C4H4O3/c1-5-9-13-14-15-16-17(10-6-2,11-7-3)12-8-4;5-3-1-2-4(6)7-3/h5-9H2,1-4H3;1-2H2. The first kappa shape index (κ1) is 24.6. The Balaban J connectivity index is 0.000000620. The van der Waals surface area contributed by atoms with Gasteiger partial charge in [-0.2, -0.15) is 0 Å². The summed E-state index contributed by atoms with van der Waals surface area (Å²) in [6.07, 6.45) is 1.73. The van der Waals surface area contributed by atoms with Crippen LogP contribution in [0.25, 0.3) is 0 Å². The fraction of sp³-hybridized carbons (Fsp3) is 0.846. The lowest BCUT2D eigenvalue weighted by atomic mass is 10.4.